The third kappa shape index (κ3) is 4.86. The number of hydrogen-bond donors (Lipinski definition) is 0. The first-order chi connectivity index (χ1) is 13.7. The summed E-state index contributed by atoms with van der Waals surface area (Å²) in [5.41, 5.74) is 2.27. The Morgan fingerprint density at radius 2 is 2.03 bits per heavy atom. The Kier molecular flexibility index (Phi) is 5.78. The van der Waals surface area contributed by atoms with Crippen LogP contribution in [0.5, 0.6) is 5.75 Å². The minimum atomic E-state index is -0.548. The highest BCUT2D eigenvalue weighted by Gasteiger charge is 2.31. The molecule has 0 saturated carbocycles. The number of benzene rings is 2. The van der Waals surface area contributed by atoms with Gasteiger partial charge in [-0.2, -0.15) is 5.26 Å². The van der Waals surface area contributed by atoms with E-state index in [9.17, 15) is 9.18 Å². The van der Waals surface area contributed by atoms with Gasteiger partial charge in [-0.25, -0.2) is 9.18 Å². The number of halogens is 1. The van der Waals surface area contributed by atoms with Crippen LogP contribution in [0.3, 0.4) is 0 Å². The lowest BCUT2D eigenvalue weighted by Crippen LogP contribution is -2.42. The van der Waals surface area contributed by atoms with Gasteiger partial charge < -0.3 is 14.4 Å². The molecule has 2 aromatic carbocycles. The summed E-state index contributed by atoms with van der Waals surface area (Å²) in [6.45, 7) is 8.16. The molecule has 0 radical (unpaired) electrons. The lowest BCUT2D eigenvalue weighted by atomic mass is 9.93. The lowest BCUT2D eigenvalue weighted by Gasteiger charge is -2.36. The monoisotopic (exact) mass is 396 g/mol. The molecule has 2 aromatic rings. The third-order valence-electron chi connectivity index (χ3n) is 4.86. The minimum Gasteiger partial charge on any atom is -0.489 e. The van der Waals surface area contributed by atoms with Crippen molar-refractivity contribution >= 4 is 6.09 Å². The SMILES string of the molecule is CC1c2cc(OCc3ccc(C#N)cc3F)ccc2CCN1C(=O)OC(C)(C)C. The molecule has 0 fully saturated rings. The predicted octanol–water partition coefficient (Wildman–Crippen LogP) is 5.13. The molecule has 0 aromatic heterocycles. The van der Waals surface area contributed by atoms with Crippen LogP contribution in [0.4, 0.5) is 9.18 Å². The number of carbonyl (C=O) groups excluding carboxylic acids is 1. The van der Waals surface area contributed by atoms with Crippen molar-refractivity contribution in [2.75, 3.05) is 6.54 Å². The smallest absolute Gasteiger partial charge is 0.410 e. The molecule has 0 saturated heterocycles. The summed E-state index contributed by atoms with van der Waals surface area (Å²) in [7, 11) is 0. The molecule has 152 valence electrons. The zero-order valence-electron chi connectivity index (χ0n) is 17.2. The van der Waals surface area contributed by atoms with Gasteiger partial charge in [-0.15, -0.1) is 0 Å². The highest BCUT2D eigenvalue weighted by atomic mass is 19.1. The molecule has 0 N–H and O–H groups in total. The number of nitrogens with zero attached hydrogens (tertiary/aromatic N) is 2. The maximum Gasteiger partial charge on any atom is 0.410 e. The molecule has 29 heavy (non-hydrogen) atoms. The maximum absolute atomic E-state index is 14.1. The predicted molar refractivity (Wildman–Crippen MR) is 107 cm³/mol. The van der Waals surface area contributed by atoms with E-state index in [0.29, 0.717) is 17.9 Å². The molecule has 1 aliphatic rings. The van der Waals surface area contributed by atoms with E-state index in [0.717, 1.165) is 17.5 Å². The van der Waals surface area contributed by atoms with E-state index < -0.39 is 11.4 Å². The van der Waals surface area contributed by atoms with E-state index in [2.05, 4.69) is 0 Å². The normalized spacial score (nSPS) is 16.0. The van der Waals surface area contributed by atoms with Gasteiger partial charge in [-0.3, -0.25) is 0 Å². The second-order valence-electron chi connectivity index (χ2n) is 8.17. The Hall–Kier alpha value is -3.07. The van der Waals surface area contributed by atoms with E-state index in [1.807, 2.05) is 52.0 Å². The molecule has 0 spiro atoms. The Balaban J connectivity index is 1.74. The molecule has 0 bridgehead atoms. The Labute approximate surface area is 170 Å². The third-order valence-corrected chi connectivity index (χ3v) is 4.86. The first-order valence-electron chi connectivity index (χ1n) is 9.61. The van der Waals surface area contributed by atoms with Gasteiger partial charge in [-0.1, -0.05) is 12.1 Å². The fourth-order valence-electron chi connectivity index (χ4n) is 3.35. The zero-order chi connectivity index (χ0) is 21.2. The fourth-order valence-corrected chi connectivity index (χ4v) is 3.35. The van der Waals surface area contributed by atoms with Crippen LogP contribution in [-0.4, -0.2) is 23.1 Å². The molecule has 5 nitrogen and oxygen atoms in total. The molecule has 6 heteroatoms. The van der Waals surface area contributed by atoms with Crippen LogP contribution in [0.15, 0.2) is 36.4 Å². The summed E-state index contributed by atoms with van der Waals surface area (Å²) >= 11 is 0. The summed E-state index contributed by atoms with van der Waals surface area (Å²) < 4.78 is 25.4. The first-order valence-corrected chi connectivity index (χ1v) is 9.61. The zero-order valence-corrected chi connectivity index (χ0v) is 17.2. The van der Waals surface area contributed by atoms with Crippen LogP contribution in [0.2, 0.25) is 0 Å². The van der Waals surface area contributed by atoms with Gasteiger partial charge in [0.05, 0.1) is 17.7 Å². The molecular formula is C23H25FN2O3. The number of fused-ring (bicyclic) bond motifs is 1. The Morgan fingerprint density at radius 3 is 2.69 bits per heavy atom. The van der Waals surface area contributed by atoms with Crippen LogP contribution >= 0.6 is 0 Å². The lowest BCUT2D eigenvalue weighted by molar-refractivity contribution is 0.0159. The maximum atomic E-state index is 14.1. The molecule has 1 unspecified atom stereocenters. The largest absolute Gasteiger partial charge is 0.489 e. The van der Waals surface area contributed by atoms with Crippen molar-refractivity contribution in [2.24, 2.45) is 0 Å². The van der Waals surface area contributed by atoms with Gasteiger partial charge in [0.1, 0.15) is 23.8 Å². The van der Waals surface area contributed by atoms with E-state index in [4.69, 9.17) is 14.7 Å². The molecule has 1 amide bonds. The van der Waals surface area contributed by atoms with E-state index >= 15 is 0 Å². The quantitative estimate of drug-likeness (QED) is 0.721. The summed E-state index contributed by atoms with van der Waals surface area (Å²) in [6, 6.07) is 11.8. The number of hydrogen-bond acceptors (Lipinski definition) is 4. The van der Waals surface area contributed by atoms with Gasteiger partial charge in [-0.05, 0) is 69.5 Å². The first kappa shape index (κ1) is 20.7. The second-order valence-corrected chi connectivity index (χ2v) is 8.17. The van der Waals surface area contributed by atoms with Crippen LogP contribution < -0.4 is 4.74 Å². The molecule has 0 aliphatic carbocycles. The van der Waals surface area contributed by atoms with Gasteiger partial charge in [0.15, 0.2) is 0 Å². The van der Waals surface area contributed by atoms with Crippen molar-refractivity contribution in [2.45, 2.75) is 52.4 Å². The van der Waals surface area contributed by atoms with Gasteiger partial charge in [0.25, 0.3) is 0 Å². The van der Waals surface area contributed by atoms with Crippen molar-refractivity contribution < 1.29 is 18.7 Å². The summed E-state index contributed by atoms with van der Waals surface area (Å²) in [5, 5.41) is 8.84. The van der Waals surface area contributed by atoms with Crippen molar-refractivity contribution in [1.29, 1.82) is 5.26 Å². The number of nitriles is 1. The molecule has 1 heterocycles. The van der Waals surface area contributed by atoms with E-state index in [1.54, 1.807) is 17.0 Å². The van der Waals surface area contributed by atoms with Gasteiger partial charge in [0.2, 0.25) is 0 Å². The van der Waals surface area contributed by atoms with Gasteiger partial charge in [0, 0.05) is 12.1 Å². The number of ether oxygens (including phenoxy) is 2. The van der Waals surface area contributed by atoms with Crippen molar-refractivity contribution in [1.82, 2.24) is 4.90 Å². The summed E-state index contributed by atoms with van der Waals surface area (Å²) in [4.78, 5) is 14.2. The molecule has 1 atom stereocenters. The Morgan fingerprint density at radius 1 is 1.28 bits per heavy atom. The van der Waals surface area contributed by atoms with Crippen LogP contribution in [-0.2, 0) is 17.8 Å². The molecule has 1 aliphatic heterocycles. The average Bonchev–Trinajstić information content (AvgIpc) is 2.66. The minimum absolute atomic E-state index is 0.0560. The number of carbonyl (C=O) groups is 1. The van der Waals surface area contributed by atoms with Crippen molar-refractivity contribution in [3.05, 3.63) is 64.5 Å². The molecular weight excluding hydrogens is 371 g/mol. The van der Waals surface area contributed by atoms with Crippen molar-refractivity contribution in [3.63, 3.8) is 0 Å². The van der Waals surface area contributed by atoms with Gasteiger partial charge >= 0.3 is 6.09 Å². The summed E-state index contributed by atoms with van der Waals surface area (Å²) in [5.74, 6) is 0.136. The fraction of sp³-hybridized carbons (Fsp3) is 0.391. The number of rotatable bonds is 3. The summed E-state index contributed by atoms with van der Waals surface area (Å²) in [6.07, 6.45) is 0.408. The van der Waals surface area contributed by atoms with Crippen LogP contribution in [0.25, 0.3) is 0 Å². The molecule has 3 rings (SSSR count). The Bertz CT molecular complexity index is 960. The highest BCUT2D eigenvalue weighted by molar-refractivity contribution is 5.69. The standard InChI is InChI=1S/C23H25FN2O3/c1-15-20-12-19(28-14-18-6-5-16(13-25)11-21(18)24)8-7-17(20)9-10-26(15)22(27)29-23(2,3)4/h5-8,11-12,15H,9-10,14H2,1-4H3. The number of amides is 1. The topological polar surface area (TPSA) is 62.6 Å². The average molecular weight is 396 g/mol. The van der Waals surface area contributed by atoms with E-state index in [1.165, 1.54) is 6.07 Å². The van der Waals surface area contributed by atoms with Crippen LogP contribution in [0.1, 0.15) is 56.0 Å². The van der Waals surface area contributed by atoms with Crippen molar-refractivity contribution in [3.8, 4) is 11.8 Å². The highest BCUT2D eigenvalue weighted by Crippen LogP contribution is 2.33. The van der Waals surface area contributed by atoms with E-state index in [-0.39, 0.29) is 24.3 Å². The van der Waals surface area contributed by atoms with Crippen LogP contribution in [0, 0.1) is 17.1 Å². The second kappa shape index (κ2) is 8.12.